The summed E-state index contributed by atoms with van der Waals surface area (Å²) in [7, 11) is 0. The minimum absolute atomic E-state index is 0.375. The molecule has 0 rings (SSSR count). The Balaban J connectivity index is 3.77. The summed E-state index contributed by atoms with van der Waals surface area (Å²) in [6, 6.07) is -0.976. The molecule has 0 aromatic rings. The maximum atomic E-state index is 12.4. The van der Waals surface area contributed by atoms with Crippen molar-refractivity contribution in [3.8, 4) is 0 Å². The Morgan fingerprint density at radius 1 is 0.500 bits per heavy atom. The largest absolute Gasteiger partial charge is 0.394 e. The molecule has 0 aliphatic carbocycles. The summed E-state index contributed by atoms with van der Waals surface area (Å²) in [5.41, 5.74) is 0. The lowest BCUT2D eigenvalue weighted by Crippen LogP contribution is -2.53. The fraction of sp³-hybridized carbons (Fsp3) is 0.972. The van der Waals surface area contributed by atoms with Crippen LogP contribution < -0.4 is 5.32 Å². The number of carbonyl (C=O) groups is 1. The molecule has 42 heavy (non-hydrogen) atoms. The quantitative estimate of drug-likeness (QED) is 0.0486. The van der Waals surface area contributed by atoms with E-state index in [9.17, 15) is 25.2 Å². The van der Waals surface area contributed by atoms with Crippen LogP contribution in [0.5, 0.6) is 0 Å². The molecule has 5 N–H and O–H groups in total. The Hall–Kier alpha value is -0.690. The Morgan fingerprint density at radius 2 is 0.810 bits per heavy atom. The highest BCUT2D eigenvalue weighted by Gasteiger charge is 2.28. The molecule has 6 nitrogen and oxygen atoms in total. The van der Waals surface area contributed by atoms with E-state index in [1.807, 2.05) is 0 Å². The minimum Gasteiger partial charge on any atom is -0.394 e. The number of rotatable bonds is 33. The van der Waals surface area contributed by atoms with E-state index in [1.54, 1.807) is 0 Å². The summed E-state index contributed by atoms with van der Waals surface area (Å²) in [6.07, 6.45) is 29.8. The molecule has 0 heterocycles. The maximum absolute atomic E-state index is 12.4. The third-order valence-electron chi connectivity index (χ3n) is 8.82. The average molecular weight is 600 g/mol. The normalized spacial score (nSPS) is 14.5. The lowest BCUT2D eigenvalue weighted by Gasteiger charge is -2.27. The minimum atomic E-state index is -1.25. The molecule has 0 aromatic heterocycles. The number of hydrogen-bond acceptors (Lipinski definition) is 5. The molecule has 0 spiro atoms. The molecule has 6 heteroatoms. The van der Waals surface area contributed by atoms with E-state index < -0.39 is 36.9 Å². The van der Waals surface area contributed by atoms with Gasteiger partial charge in [-0.2, -0.15) is 0 Å². The van der Waals surface area contributed by atoms with Crippen molar-refractivity contribution in [2.24, 2.45) is 0 Å². The average Bonchev–Trinajstić information content (AvgIpc) is 2.99. The molecule has 0 aliphatic rings. The van der Waals surface area contributed by atoms with Gasteiger partial charge in [-0.15, -0.1) is 0 Å². The molecule has 4 atom stereocenters. The molecule has 0 aromatic carbocycles. The van der Waals surface area contributed by atoms with Gasteiger partial charge in [0.2, 0.25) is 5.91 Å². The first-order valence-corrected chi connectivity index (χ1v) is 18.4. The van der Waals surface area contributed by atoms with E-state index in [2.05, 4.69) is 19.2 Å². The Morgan fingerprint density at radius 3 is 1.14 bits per heavy atom. The van der Waals surface area contributed by atoms with Gasteiger partial charge in [0.1, 0.15) is 12.2 Å². The first kappa shape index (κ1) is 41.3. The van der Waals surface area contributed by atoms with Crippen molar-refractivity contribution in [2.75, 3.05) is 6.61 Å². The van der Waals surface area contributed by atoms with Crippen molar-refractivity contribution in [1.82, 2.24) is 5.32 Å². The highest BCUT2D eigenvalue weighted by molar-refractivity contribution is 5.80. The van der Waals surface area contributed by atoms with Gasteiger partial charge in [0, 0.05) is 0 Å². The smallest absolute Gasteiger partial charge is 0.249 e. The topological polar surface area (TPSA) is 110 Å². The van der Waals surface area contributed by atoms with Crippen LogP contribution in [0.1, 0.15) is 194 Å². The predicted octanol–water partition coefficient (Wildman–Crippen LogP) is 8.51. The van der Waals surface area contributed by atoms with Gasteiger partial charge in [-0.05, 0) is 12.8 Å². The zero-order chi connectivity index (χ0) is 31.1. The zero-order valence-corrected chi connectivity index (χ0v) is 28.0. The lowest BCUT2D eigenvalue weighted by atomic mass is 9.99. The van der Waals surface area contributed by atoms with Crippen molar-refractivity contribution in [1.29, 1.82) is 0 Å². The maximum Gasteiger partial charge on any atom is 0.249 e. The van der Waals surface area contributed by atoms with E-state index in [4.69, 9.17) is 0 Å². The van der Waals surface area contributed by atoms with Gasteiger partial charge in [-0.25, -0.2) is 0 Å². The number of amides is 1. The number of unbranched alkanes of at least 4 members (excludes halogenated alkanes) is 24. The van der Waals surface area contributed by atoms with Gasteiger partial charge in [-0.3, -0.25) is 4.79 Å². The molecular formula is C36H73NO5. The van der Waals surface area contributed by atoms with E-state index in [0.29, 0.717) is 12.8 Å². The van der Waals surface area contributed by atoms with Crippen LogP contribution >= 0.6 is 0 Å². The van der Waals surface area contributed by atoms with Gasteiger partial charge in [0.25, 0.3) is 0 Å². The van der Waals surface area contributed by atoms with Crippen molar-refractivity contribution in [2.45, 2.75) is 218 Å². The zero-order valence-electron chi connectivity index (χ0n) is 28.0. The number of hydrogen-bond donors (Lipinski definition) is 5. The predicted molar refractivity (Wildman–Crippen MR) is 178 cm³/mol. The summed E-state index contributed by atoms with van der Waals surface area (Å²) in [5, 5.41) is 43.3. The summed E-state index contributed by atoms with van der Waals surface area (Å²) in [5.74, 6) is -0.583. The number of aliphatic hydroxyl groups is 4. The lowest BCUT2D eigenvalue weighted by molar-refractivity contribution is -0.132. The van der Waals surface area contributed by atoms with Crippen molar-refractivity contribution in [3.05, 3.63) is 0 Å². The second-order valence-electron chi connectivity index (χ2n) is 12.9. The summed E-state index contributed by atoms with van der Waals surface area (Å²) < 4.78 is 0. The van der Waals surface area contributed by atoms with Gasteiger partial charge in [-0.1, -0.05) is 181 Å². The van der Waals surface area contributed by atoms with E-state index >= 15 is 0 Å². The monoisotopic (exact) mass is 600 g/mol. The van der Waals surface area contributed by atoms with Gasteiger partial charge in [0.05, 0.1) is 18.8 Å². The van der Waals surface area contributed by atoms with Crippen LogP contribution in [0.25, 0.3) is 0 Å². The van der Waals surface area contributed by atoms with Crippen LogP contribution in [-0.4, -0.2) is 57.3 Å². The molecular weight excluding hydrogens is 526 g/mol. The second-order valence-corrected chi connectivity index (χ2v) is 12.9. The molecule has 252 valence electrons. The van der Waals surface area contributed by atoms with E-state index in [0.717, 1.165) is 38.5 Å². The summed E-state index contributed by atoms with van der Waals surface area (Å²) in [4.78, 5) is 12.4. The molecule has 1 amide bonds. The van der Waals surface area contributed by atoms with Crippen LogP contribution in [0, 0.1) is 0 Å². The Kier molecular flexibility index (Phi) is 31.2. The van der Waals surface area contributed by atoms with Gasteiger partial charge in [0.15, 0.2) is 0 Å². The van der Waals surface area contributed by atoms with Crippen molar-refractivity contribution in [3.63, 3.8) is 0 Å². The molecule has 0 fully saturated rings. The second kappa shape index (κ2) is 31.7. The molecule has 0 saturated carbocycles. The van der Waals surface area contributed by atoms with Crippen LogP contribution in [0.2, 0.25) is 0 Å². The SMILES string of the molecule is CCCCCCCCCCCCCCCCCCC(O)C(=O)NC(CO)C(O)C(O)CCCCCCCCCCCC. The van der Waals surface area contributed by atoms with Crippen molar-refractivity contribution < 1.29 is 25.2 Å². The molecule has 0 bridgehead atoms. The van der Waals surface area contributed by atoms with Gasteiger partial charge < -0.3 is 25.7 Å². The van der Waals surface area contributed by atoms with E-state index in [-0.39, 0.29) is 0 Å². The molecule has 4 unspecified atom stereocenters. The Labute approximate surface area is 260 Å². The van der Waals surface area contributed by atoms with Crippen LogP contribution in [-0.2, 0) is 4.79 Å². The molecule has 0 saturated heterocycles. The van der Waals surface area contributed by atoms with Gasteiger partial charge >= 0.3 is 0 Å². The summed E-state index contributed by atoms with van der Waals surface area (Å²) in [6.45, 7) is 4.02. The Bertz CT molecular complexity index is 561. The number of aliphatic hydroxyl groups excluding tert-OH is 4. The molecule has 0 radical (unpaired) electrons. The number of carbonyl (C=O) groups excluding carboxylic acids is 1. The molecule has 0 aliphatic heterocycles. The fourth-order valence-electron chi connectivity index (χ4n) is 5.81. The highest BCUT2D eigenvalue weighted by atomic mass is 16.3. The fourth-order valence-corrected chi connectivity index (χ4v) is 5.81. The standard InChI is InChI=1S/C36H73NO5/c1-3-5-7-9-11-13-15-16-17-18-19-20-22-24-26-28-30-34(40)36(42)37-32(31-38)35(41)33(39)29-27-25-23-21-14-12-10-8-6-4-2/h32-35,38-41H,3-31H2,1-2H3,(H,37,42). The highest BCUT2D eigenvalue weighted by Crippen LogP contribution is 2.16. The van der Waals surface area contributed by atoms with Crippen LogP contribution in [0.4, 0.5) is 0 Å². The summed E-state index contributed by atoms with van der Waals surface area (Å²) >= 11 is 0. The first-order chi connectivity index (χ1) is 20.5. The van der Waals surface area contributed by atoms with Crippen LogP contribution in [0.3, 0.4) is 0 Å². The third kappa shape index (κ3) is 25.8. The third-order valence-corrected chi connectivity index (χ3v) is 8.82. The van der Waals surface area contributed by atoms with Crippen molar-refractivity contribution >= 4 is 5.91 Å². The number of nitrogens with one attached hydrogen (secondary N) is 1. The van der Waals surface area contributed by atoms with Crippen LogP contribution in [0.15, 0.2) is 0 Å². The first-order valence-electron chi connectivity index (χ1n) is 18.4. The van der Waals surface area contributed by atoms with E-state index in [1.165, 1.54) is 128 Å².